The smallest absolute Gasteiger partial charge is 0.119 e. The molecule has 0 radical (unpaired) electrons. The maximum absolute atomic E-state index is 5.71. The number of ether oxygens (including phenoxy) is 1. The Bertz CT molecular complexity index is 326. The van der Waals surface area contributed by atoms with Crippen LogP contribution in [0.4, 0.5) is 0 Å². The van der Waals surface area contributed by atoms with E-state index >= 15 is 0 Å². The summed E-state index contributed by atoms with van der Waals surface area (Å²) in [5.41, 5.74) is 1.33. The number of benzene rings is 1. The molecule has 0 saturated carbocycles. The lowest BCUT2D eigenvalue weighted by atomic mass is 10.2. The summed E-state index contributed by atoms with van der Waals surface area (Å²) in [6, 6.07) is 8.47. The number of thioether (sulfide) groups is 1. The van der Waals surface area contributed by atoms with E-state index in [0.29, 0.717) is 0 Å². The Morgan fingerprint density at radius 2 is 1.85 bits per heavy atom. The average molecular weight is 295 g/mol. The maximum Gasteiger partial charge on any atom is 0.119 e. The first-order valence-electron chi connectivity index (χ1n) is 7.78. The van der Waals surface area contributed by atoms with Crippen molar-refractivity contribution in [2.24, 2.45) is 0 Å². The first-order chi connectivity index (χ1) is 9.86. The van der Waals surface area contributed by atoms with Crippen molar-refractivity contribution >= 4 is 11.8 Å². The van der Waals surface area contributed by atoms with Crippen LogP contribution in [-0.2, 0) is 6.54 Å². The molecule has 114 valence electrons. The molecule has 0 aromatic heterocycles. The minimum atomic E-state index is 0.834. The monoisotopic (exact) mass is 295 g/mol. The highest BCUT2D eigenvalue weighted by Gasteiger charge is 1.96. The van der Waals surface area contributed by atoms with E-state index in [0.717, 1.165) is 31.9 Å². The fraction of sp³-hybridized carbons (Fsp3) is 0.647. The Morgan fingerprint density at radius 3 is 2.55 bits per heavy atom. The molecule has 1 rings (SSSR count). The molecule has 0 unspecified atom stereocenters. The molecule has 1 N–H and O–H groups in total. The fourth-order valence-corrected chi connectivity index (χ4v) is 2.47. The Balaban J connectivity index is 2.12. The van der Waals surface area contributed by atoms with Crippen LogP contribution in [0, 0.1) is 0 Å². The van der Waals surface area contributed by atoms with E-state index in [1.165, 1.54) is 37.0 Å². The summed E-state index contributed by atoms with van der Waals surface area (Å²) in [5, 5.41) is 3.49. The van der Waals surface area contributed by atoms with E-state index < -0.39 is 0 Å². The zero-order chi connectivity index (χ0) is 14.5. The van der Waals surface area contributed by atoms with Gasteiger partial charge in [0.2, 0.25) is 0 Å². The molecule has 0 aliphatic heterocycles. The van der Waals surface area contributed by atoms with Gasteiger partial charge in [-0.1, -0.05) is 31.9 Å². The predicted molar refractivity (Wildman–Crippen MR) is 90.8 cm³/mol. The summed E-state index contributed by atoms with van der Waals surface area (Å²) in [6.45, 7) is 5.11. The van der Waals surface area contributed by atoms with Gasteiger partial charge in [0.25, 0.3) is 0 Å². The van der Waals surface area contributed by atoms with Crippen LogP contribution < -0.4 is 10.1 Å². The number of unbranched alkanes of at least 4 members (excludes halogenated alkanes) is 3. The molecule has 0 saturated heterocycles. The summed E-state index contributed by atoms with van der Waals surface area (Å²) >= 11 is 1.93. The van der Waals surface area contributed by atoms with Gasteiger partial charge < -0.3 is 10.1 Å². The van der Waals surface area contributed by atoms with E-state index in [4.69, 9.17) is 4.74 Å². The maximum atomic E-state index is 5.71. The Morgan fingerprint density at radius 1 is 1.05 bits per heavy atom. The number of nitrogens with one attached hydrogen (secondary N) is 1. The largest absolute Gasteiger partial charge is 0.494 e. The molecule has 1 aromatic rings. The number of rotatable bonds is 12. The molecule has 0 aliphatic carbocycles. The lowest BCUT2D eigenvalue weighted by Crippen LogP contribution is -2.14. The Hall–Kier alpha value is -0.670. The van der Waals surface area contributed by atoms with Crippen molar-refractivity contribution in [2.45, 2.75) is 45.6 Å². The summed E-state index contributed by atoms with van der Waals surface area (Å²) in [5.74, 6) is 2.26. The summed E-state index contributed by atoms with van der Waals surface area (Å²) in [7, 11) is 0. The van der Waals surface area contributed by atoms with Crippen LogP contribution in [0.1, 0.15) is 44.6 Å². The predicted octanol–water partition coefficient (Wildman–Crippen LogP) is 4.49. The van der Waals surface area contributed by atoms with E-state index in [1.54, 1.807) is 0 Å². The molecule has 0 atom stereocenters. The van der Waals surface area contributed by atoms with Crippen LogP contribution in [0.25, 0.3) is 0 Å². The van der Waals surface area contributed by atoms with Gasteiger partial charge in [0.1, 0.15) is 5.75 Å². The SMILES string of the molecule is CCCCCOc1ccc(CNCCCCSC)cc1. The van der Waals surface area contributed by atoms with Gasteiger partial charge >= 0.3 is 0 Å². The minimum Gasteiger partial charge on any atom is -0.494 e. The molecule has 3 heteroatoms. The minimum absolute atomic E-state index is 0.834. The second-order valence-corrected chi connectivity index (χ2v) is 6.06. The van der Waals surface area contributed by atoms with Gasteiger partial charge in [-0.2, -0.15) is 11.8 Å². The average Bonchev–Trinajstić information content (AvgIpc) is 2.49. The molecule has 0 heterocycles. The van der Waals surface area contributed by atoms with Crippen molar-refractivity contribution in [3.63, 3.8) is 0 Å². The van der Waals surface area contributed by atoms with E-state index in [1.807, 2.05) is 11.8 Å². The van der Waals surface area contributed by atoms with Crippen LogP contribution in [0.3, 0.4) is 0 Å². The summed E-state index contributed by atoms with van der Waals surface area (Å²) in [4.78, 5) is 0. The second-order valence-electron chi connectivity index (χ2n) is 5.08. The first kappa shape index (κ1) is 17.4. The second kappa shape index (κ2) is 12.1. The summed E-state index contributed by atoms with van der Waals surface area (Å²) in [6.07, 6.45) is 8.37. The van der Waals surface area contributed by atoms with Gasteiger partial charge in [-0.05, 0) is 55.5 Å². The van der Waals surface area contributed by atoms with Crippen LogP contribution in [0.2, 0.25) is 0 Å². The van der Waals surface area contributed by atoms with Crippen LogP contribution in [0.5, 0.6) is 5.75 Å². The third kappa shape index (κ3) is 8.49. The van der Waals surface area contributed by atoms with Gasteiger partial charge in [-0.25, -0.2) is 0 Å². The van der Waals surface area contributed by atoms with Crippen molar-refractivity contribution in [3.05, 3.63) is 29.8 Å². The van der Waals surface area contributed by atoms with Crippen molar-refractivity contribution < 1.29 is 4.74 Å². The molecule has 0 amide bonds. The molecular formula is C17H29NOS. The van der Waals surface area contributed by atoms with Crippen molar-refractivity contribution in [1.82, 2.24) is 5.32 Å². The molecule has 1 aromatic carbocycles. The summed E-state index contributed by atoms with van der Waals surface area (Å²) < 4.78 is 5.71. The first-order valence-corrected chi connectivity index (χ1v) is 9.17. The van der Waals surface area contributed by atoms with Gasteiger partial charge in [0.15, 0.2) is 0 Å². The van der Waals surface area contributed by atoms with Gasteiger partial charge in [-0.3, -0.25) is 0 Å². The molecule has 20 heavy (non-hydrogen) atoms. The normalized spacial score (nSPS) is 10.7. The lowest BCUT2D eigenvalue weighted by Gasteiger charge is -2.08. The van der Waals surface area contributed by atoms with Crippen molar-refractivity contribution in [3.8, 4) is 5.75 Å². The third-order valence-corrected chi connectivity index (χ3v) is 3.92. The molecular weight excluding hydrogens is 266 g/mol. The Kier molecular flexibility index (Phi) is 10.5. The molecule has 0 aliphatic rings. The molecule has 0 bridgehead atoms. The highest BCUT2D eigenvalue weighted by molar-refractivity contribution is 7.98. The van der Waals surface area contributed by atoms with Crippen molar-refractivity contribution in [1.29, 1.82) is 0 Å². The molecule has 0 spiro atoms. The lowest BCUT2D eigenvalue weighted by molar-refractivity contribution is 0.306. The van der Waals surface area contributed by atoms with Gasteiger partial charge in [-0.15, -0.1) is 0 Å². The topological polar surface area (TPSA) is 21.3 Å². The third-order valence-electron chi connectivity index (χ3n) is 3.22. The van der Waals surface area contributed by atoms with E-state index in [2.05, 4.69) is 42.8 Å². The number of hydrogen-bond acceptors (Lipinski definition) is 3. The van der Waals surface area contributed by atoms with E-state index in [9.17, 15) is 0 Å². The molecule has 0 fully saturated rings. The standard InChI is InChI=1S/C17H29NOS/c1-3-4-6-13-19-17-10-8-16(9-11-17)15-18-12-5-7-14-20-2/h8-11,18H,3-7,12-15H2,1-2H3. The molecule has 2 nitrogen and oxygen atoms in total. The van der Waals surface area contributed by atoms with Crippen LogP contribution in [-0.4, -0.2) is 25.2 Å². The van der Waals surface area contributed by atoms with Gasteiger partial charge in [0.05, 0.1) is 6.61 Å². The highest BCUT2D eigenvalue weighted by Crippen LogP contribution is 2.12. The van der Waals surface area contributed by atoms with Gasteiger partial charge in [0, 0.05) is 6.54 Å². The van der Waals surface area contributed by atoms with Crippen LogP contribution >= 0.6 is 11.8 Å². The quantitative estimate of drug-likeness (QED) is 0.574. The fourth-order valence-electron chi connectivity index (χ4n) is 1.97. The zero-order valence-corrected chi connectivity index (χ0v) is 13.8. The van der Waals surface area contributed by atoms with E-state index in [-0.39, 0.29) is 0 Å². The Labute approximate surface area is 128 Å². The number of hydrogen-bond donors (Lipinski definition) is 1. The van der Waals surface area contributed by atoms with Crippen LogP contribution in [0.15, 0.2) is 24.3 Å². The highest BCUT2D eigenvalue weighted by atomic mass is 32.2. The van der Waals surface area contributed by atoms with Crippen molar-refractivity contribution in [2.75, 3.05) is 25.2 Å². The zero-order valence-electron chi connectivity index (χ0n) is 13.0.